The number of carboxylic acids is 1. The number of rotatable bonds is 5. The minimum atomic E-state index is -1.05. The summed E-state index contributed by atoms with van der Waals surface area (Å²) in [6, 6.07) is 22.2. The first kappa shape index (κ1) is 19.6. The molecule has 0 saturated carbocycles. The highest BCUT2D eigenvalue weighted by atomic mass is 16.4. The van der Waals surface area contributed by atoms with Crippen molar-refractivity contribution < 1.29 is 14.7 Å². The number of carboxylic acid groups (broad SMARTS) is 1. The predicted octanol–water partition coefficient (Wildman–Crippen LogP) is 5.04. The minimum absolute atomic E-state index is 0.227. The maximum Gasteiger partial charge on any atom is 0.326 e. The first-order valence-corrected chi connectivity index (χ1v) is 9.94. The normalized spacial score (nSPS) is 12.1. The fraction of sp³-hybridized carbons (Fsp3) is 0.154. The van der Waals surface area contributed by atoms with Crippen molar-refractivity contribution in [3.8, 4) is 0 Å². The number of aryl methyl sites for hydroxylation is 2. The second kappa shape index (κ2) is 7.99. The first-order valence-electron chi connectivity index (χ1n) is 9.94. The first-order chi connectivity index (χ1) is 14.4. The van der Waals surface area contributed by atoms with Gasteiger partial charge in [-0.1, -0.05) is 66.7 Å². The van der Waals surface area contributed by atoms with E-state index in [-0.39, 0.29) is 12.3 Å². The third-order valence-corrected chi connectivity index (χ3v) is 5.61. The van der Waals surface area contributed by atoms with Crippen molar-refractivity contribution in [2.24, 2.45) is 0 Å². The Hall–Kier alpha value is -3.66. The van der Waals surface area contributed by atoms with Crippen LogP contribution in [0, 0.1) is 13.8 Å². The summed E-state index contributed by atoms with van der Waals surface area (Å²) < 4.78 is 0. The van der Waals surface area contributed by atoms with Crippen molar-refractivity contribution in [2.45, 2.75) is 26.3 Å². The molecule has 0 bridgehead atoms. The second-order valence-corrected chi connectivity index (χ2v) is 7.68. The van der Waals surface area contributed by atoms with Gasteiger partial charge in [-0.2, -0.15) is 0 Å². The van der Waals surface area contributed by atoms with Gasteiger partial charge < -0.3 is 10.4 Å². The van der Waals surface area contributed by atoms with Crippen molar-refractivity contribution in [2.75, 3.05) is 0 Å². The number of benzene rings is 4. The van der Waals surface area contributed by atoms with Gasteiger partial charge in [-0.05, 0) is 58.1 Å². The van der Waals surface area contributed by atoms with Gasteiger partial charge in [-0.3, -0.25) is 4.79 Å². The van der Waals surface area contributed by atoms with Gasteiger partial charge in [-0.25, -0.2) is 4.79 Å². The molecule has 1 amide bonds. The van der Waals surface area contributed by atoms with Gasteiger partial charge in [0.1, 0.15) is 6.04 Å². The Morgan fingerprint density at radius 1 is 0.833 bits per heavy atom. The van der Waals surface area contributed by atoms with Crippen molar-refractivity contribution in [3.63, 3.8) is 0 Å². The monoisotopic (exact) mass is 397 g/mol. The lowest BCUT2D eigenvalue weighted by atomic mass is 9.95. The summed E-state index contributed by atoms with van der Waals surface area (Å²) in [6.45, 7) is 4.01. The standard InChI is InChI=1S/C26H23NO3/c1-16-11-12-18(13-17(16)2)14-23(26(29)30)27-25(28)24-21-9-5-3-7-19(21)15-20-8-4-6-10-22(20)24/h3-13,15,23H,14H2,1-2H3,(H,27,28)(H,29,30)/t23-/m0/s1. The van der Waals surface area contributed by atoms with Crippen LogP contribution < -0.4 is 5.32 Å². The molecule has 4 nitrogen and oxygen atoms in total. The van der Waals surface area contributed by atoms with Gasteiger partial charge in [0.25, 0.3) is 5.91 Å². The minimum Gasteiger partial charge on any atom is -0.480 e. The van der Waals surface area contributed by atoms with Crippen LogP contribution in [0.15, 0.2) is 72.8 Å². The number of fused-ring (bicyclic) bond motifs is 2. The fourth-order valence-corrected chi connectivity index (χ4v) is 3.86. The zero-order valence-corrected chi connectivity index (χ0v) is 17.0. The molecule has 1 atom stereocenters. The Kier molecular flexibility index (Phi) is 5.23. The molecule has 0 aliphatic heterocycles. The number of aliphatic carboxylic acids is 1. The third kappa shape index (κ3) is 3.77. The number of amides is 1. The van der Waals surface area contributed by atoms with Gasteiger partial charge in [0.15, 0.2) is 0 Å². The molecule has 0 fully saturated rings. The molecule has 150 valence electrons. The summed E-state index contributed by atoms with van der Waals surface area (Å²) in [5, 5.41) is 16.0. The van der Waals surface area contributed by atoms with Crippen molar-refractivity contribution in [1.29, 1.82) is 0 Å². The number of nitrogens with one attached hydrogen (secondary N) is 1. The van der Waals surface area contributed by atoms with E-state index < -0.39 is 12.0 Å². The van der Waals surface area contributed by atoms with Crippen LogP contribution in [0.1, 0.15) is 27.0 Å². The summed E-state index contributed by atoms with van der Waals surface area (Å²) in [5.74, 6) is -1.43. The average Bonchev–Trinajstić information content (AvgIpc) is 2.73. The lowest BCUT2D eigenvalue weighted by molar-refractivity contribution is -0.139. The Balaban J connectivity index is 1.73. The molecule has 0 aliphatic rings. The highest BCUT2D eigenvalue weighted by Crippen LogP contribution is 2.28. The molecule has 4 aromatic rings. The highest BCUT2D eigenvalue weighted by molar-refractivity contribution is 6.18. The highest BCUT2D eigenvalue weighted by Gasteiger charge is 2.23. The Morgan fingerprint density at radius 2 is 1.43 bits per heavy atom. The van der Waals surface area contributed by atoms with E-state index in [0.717, 1.165) is 38.2 Å². The number of hydrogen-bond acceptors (Lipinski definition) is 2. The summed E-state index contributed by atoms with van der Waals surface area (Å²) in [5.41, 5.74) is 3.64. The van der Waals surface area contributed by atoms with Crippen LogP contribution in [0.25, 0.3) is 21.5 Å². The molecule has 4 rings (SSSR count). The quantitative estimate of drug-likeness (QED) is 0.464. The van der Waals surface area contributed by atoms with E-state index >= 15 is 0 Å². The molecule has 30 heavy (non-hydrogen) atoms. The lowest BCUT2D eigenvalue weighted by Gasteiger charge is -2.17. The zero-order chi connectivity index (χ0) is 21.3. The summed E-state index contributed by atoms with van der Waals surface area (Å²) in [4.78, 5) is 25.3. The van der Waals surface area contributed by atoms with E-state index in [9.17, 15) is 14.7 Å². The van der Waals surface area contributed by atoms with Crippen molar-refractivity contribution >= 4 is 33.4 Å². The van der Waals surface area contributed by atoms with E-state index in [1.807, 2.05) is 86.6 Å². The molecular weight excluding hydrogens is 374 g/mol. The summed E-state index contributed by atoms with van der Waals surface area (Å²) >= 11 is 0. The van der Waals surface area contributed by atoms with Crippen molar-refractivity contribution in [1.82, 2.24) is 5.32 Å². The number of hydrogen-bond donors (Lipinski definition) is 2. The molecular formula is C26H23NO3. The van der Waals surface area contributed by atoms with E-state index in [2.05, 4.69) is 5.32 Å². The van der Waals surface area contributed by atoms with Crippen LogP contribution >= 0.6 is 0 Å². The van der Waals surface area contributed by atoms with Crippen LogP contribution in [-0.2, 0) is 11.2 Å². The van der Waals surface area contributed by atoms with Crippen LogP contribution in [0.3, 0.4) is 0 Å². The molecule has 4 aromatic carbocycles. The zero-order valence-electron chi connectivity index (χ0n) is 17.0. The summed E-state index contributed by atoms with van der Waals surface area (Å²) in [7, 11) is 0. The average molecular weight is 397 g/mol. The molecule has 0 unspecified atom stereocenters. The molecule has 0 saturated heterocycles. The fourth-order valence-electron chi connectivity index (χ4n) is 3.86. The van der Waals surface area contributed by atoms with Crippen molar-refractivity contribution in [3.05, 3.63) is 95.1 Å². The van der Waals surface area contributed by atoms with E-state index in [1.54, 1.807) is 0 Å². The molecule has 0 aliphatic carbocycles. The number of carbonyl (C=O) groups excluding carboxylic acids is 1. The largest absolute Gasteiger partial charge is 0.480 e. The maximum atomic E-state index is 13.3. The molecule has 0 spiro atoms. The van der Waals surface area contributed by atoms with Gasteiger partial charge in [0, 0.05) is 6.42 Å². The lowest BCUT2D eigenvalue weighted by Crippen LogP contribution is -2.42. The second-order valence-electron chi connectivity index (χ2n) is 7.68. The summed E-state index contributed by atoms with van der Waals surface area (Å²) in [6.07, 6.45) is 0.227. The molecule has 2 N–H and O–H groups in total. The molecule has 0 aromatic heterocycles. The Labute approximate surface area is 175 Å². The van der Waals surface area contributed by atoms with Crippen LogP contribution in [-0.4, -0.2) is 23.0 Å². The van der Waals surface area contributed by atoms with Crippen LogP contribution in [0.2, 0.25) is 0 Å². The van der Waals surface area contributed by atoms with E-state index in [1.165, 1.54) is 0 Å². The Bertz CT molecular complexity index is 1220. The third-order valence-electron chi connectivity index (χ3n) is 5.61. The van der Waals surface area contributed by atoms with Crippen LogP contribution in [0.5, 0.6) is 0 Å². The molecule has 4 heteroatoms. The maximum absolute atomic E-state index is 13.3. The van der Waals surface area contributed by atoms with E-state index in [0.29, 0.717) is 5.56 Å². The Morgan fingerprint density at radius 3 is 2.00 bits per heavy atom. The van der Waals surface area contributed by atoms with Gasteiger partial charge >= 0.3 is 5.97 Å². The predicted molar refractivity (Wildman–Crippen MR) is 120 cm³/mol. The molecule has 0 heterocycles. The van der Waals surface area contributed by atoms with Crippen LogP contribution in [0.4, 0.5) is 0 Å². The topological polar surface area (TPSA) is 66.4 Å². The SMILES string of the molecule is Cc1ccc(C[C@H](NC(=O)c2c3ccccc3cc3ccccc23)C(=O)O)cc1C. The van der Waals surface area contributed by atoms with Gasteiger partial charge in [0.05, 0.1) is 5.56 Å². The van der Waals surface area contributed by atoms with E-state index in [4.69, 9.17) is 0 Å². The molecule has 0 radical (unpaired) electrons. The number of carbonyl (C=O) groups is 2. The van der Waals surface area contributed by atoms with Gasteiger partial charge in [0.2, 0.25) is 0 Å². The van der Waals surface area contributed by atoms with Gasteiger partial charge in [-0.15, -0.1) is 0 Å². The smallest absolute Gasteiger partial charge is 0.326 e.